The predicted octanol–water partition coefficient (Wildman–Crippen LogP) is 9.16. The highest BCUT2D eigenvalue weighted by Crippen LogP contribution is 2.76. The van der Waals surface area contributed by atoms with Crippen LogP contribution in [-0.4, -0.2) is 133 Å². The minimum absolute atomic E-state index is 0.00412. The van der Waals surface area contributed by atoms with Crippen LogP contribution in [0.25, 0.3) is 0 Å². The number of rotatable bonds is 19. The number of ether oxygens (including phenoxy) is 5. The number of fused-ring (bicyclic) bond motifs is 7. The third-order valence-corrected chi connectivity index (χ3v) is 22.3. The van der Waals surface area contributed by atoms with Gasteiger partial charge in [-0.15, -0.1) is 0 Å². The fourth-order valence-electron chi connectivity index (χ4n) is 16.4. The van der Waals surface area contributed by atoms with Crippen LogP contribution in [-0.2, 0) is 33.3 Å². The van der Waals surface area contributed by atoms with E-state index in [-0.39, 0.29) is 57.3 Å². The summed E-state index contributed by atoms with van der Waals surface area (Å²) in [4.78, 5) is 28.0. The molecule has 12 nitrogen and oxygen atoms in total. The van der Waals surface area contributed by atoms with Gasteiger partial charge in [-0.1, -0.05) is 60.6 Å². The van der Waals surface area contributed by atoms with Crippen molar-refractivity contribution >= 4 is 22.5 Å². The van der Waals surface area contributed by atoms with Gasteiger partial charge in [0.2, 0.25) is 0 Å². The summed E-state index contributed by atoms with van der Waals surface area (Å²) in [5.74, 6) is 1.49. The fraction of sp³-hybridized carbons (Fsp3) is 0.923. The van der Waals surface area contributed by atoms with Crippen LogP contribution in [0.3, 0.4) is 0 Å². The Bertz CT molecular complexity index is 1700. The minimum atomic E-state index is -2.54. The first-order chi connectivity index (χ1) is 30.5. The Labute approximate surface area is 394 Å². The standard InChI is InChI=1S/C52H90N2O10S/c1-34(2)36-14-19-52(53-33-40(54-22-30-65(58,59)31-23-54)35(3)63-29-28-62-27-26-61-25-24-60-11)21-20-50(9)37(44(36)52)12-13-42-49(8)17-16-43(48(6,7)41(49)15-18-51(42,50)10)64-46(57)39-32-38(45(55)56)47(39,4)5/h35-44,53,58-59H,1,12-33H2,2-11H3,(H,55,56)/t35-,36+,37-,38+,39-,40-,41+,42-,43+,44-,49+,50-,51-,52+/m1/s1. The average molecular weight is 935 g/mol. The Balaban J connectivity index is 1.05. The van der Waals surface area contributed by atoms with Crippen LogP contribution in [0.4, 0.5) is 0 Å². The van der Waals surface area contributed by atoms with Crippen LogP contribution in [0.5, 0.6) is 0 Å². The molecule has 14 atom stereocenters. The summed E-state index contributed by atoms with van der Waals surface area (Å²) in [5, 5.41) is 14.1. The van der Waals surface area contributed by atoms with Crippen LogP contribution in [0, 0.1) is 68.5 Å². The predicted molar refractivity (Wildman–Crippen MR) is 257 cm³/mol. The quantitative estimate of drug-likeness (QED) is 0.0555. The van der Waals surface area contributed by atoms with Gasteiger partial charge in [-0.25, -0.2) is 0 Å². The van der Waals surface area contributed by atoms with E-state index in [4.69, 9.17) is 23.7 Å². The second kappa shape index (κ2) is 19.5. The molecule has 65 heavy (non-hydrogen) atoms. The molecule has 6 aliphatic carbocycles. The third-order valence-electron chi connectivity index (χ3n) is 20.6. The van der Waals surface area contributed by atoms with Gasteiger partial charge in [0.05, 0.1) is 69.1 Å². The first-order valence-corrected chi connectivity index (χ1v) is 27.4. The molecule has 6 saturated carbocycles. The summed E-state index contributed by atoms with van der Waals surface area (Å²) in [6, 6.07) is 0.0817. The fourth-order valence-corrected chi connectivity index (χ4v) is 17.7. The number of carbonyl (C=O) groups is 2. The first-order valence-electron chi connectivity index (χ1n) is 25.6. The highest BCUT2D eigenvalue weighted by molar-refractivity contribution is 8.24. The number of nitrogens with zero attached hydrogens (tertiary/aromatic N) is 1. The number of hydrogen-bond donors (Lipinski definition) is 4. The molecule has 0 aromatic heterocycles. The lowest BCUT2D eigenvalue weighted by atomic mass is 9.32. The van der Waals surface area contributed by atoms with E-state index in [9.17, 15) is 23.8 Å². The highest BCUT2D eigenvalue weighted by Gasteiger charge is 2.71. The topological polar surface area (TPSA) is 156 Å². The summed E-state index contributed by atoms with van der Waals surface area (Å²) < 4.78 is 50.6. The number of nitrogens with one attached hydrogen (secondary N) is 1. The molecule has 1 saturated heterocycles. The third kappa shape index (κ3) is 9.41. The van der Waals surface area contributed by atoms with Gasteiger partial charge in [0.15, 0.2) is 0 Å². The molecule has 0 radical (unpaired) electrons. The number of aliphatic carboxylic acids is 1. The molecule has 4 N–H and O–H groups in total. The Morgan fingerprint density at radius 2 is 1.45 bits per heavy atom. The lowest BCUT2D eigenvalue weighted by Gasteiger charge is -2.73. The summed E-state index contributed by atoms with van der Waals surface area (Å²) in [5.41, 5.74) is 1.04. The Morgan fingerprint density at radius 3 is 2.08 bits per heavy atom. The maximum Gasteiger partial charge on any atom is 0.309 e. The van der Waals surface area contributed by atoms with Crippen molar-refractivity contribution in [3.63, 3.8) is 0 Å². The number of allylic oxidation sites excluding steroid dienone is 1. The largest absolute Gasteiger partial charge is 0.481 e. The maximum atomic E-state index is 13.7. The van der Waals surface area contributed by atoms with Crippen LogP contribution >= 0.6 is 10.6 Å². The molecule has 0 aromatic rings. The van der Waals surface area contributed by atoms with Crippen molar-refractivity contribution in [3.05, 3.63) is 12.2 Å². The molecule has 0 unspecified atom stereocenters. The number of carboxylic acids is 1. The second-order valence-corrected chi connectivity index (χ2v) is 26.5. The molecule has 374 valence electrons. The molecule has 1 aliphatic heterocycles. The van der Waals surface area contributed by atoms with Crippen molar-refractivity contribution in [2.75, 3.05) is 77.9 Å². The highest BCUT2D eigenvalue weighted by atomic mass is 32.3. The molecule has 7 rings (SSSR count). The summed E-state index contributed by atoms with van der Waals surface area (Å²) in [7, 11) is -0.873. The molecule has 0 bridgehead atoms. The van der Waals surface area contributed by atoms with Crippen molar-refractivity contribution < 1.29 is 47.5 Å². The van der Waals surface area contributed by atoms with Crippen LogP contribution in [0.15, 0.2) is 12.2 Å². The number of hydrogen-bond acceptors (Lipinski definition) is 11. The van der Waals surface area contributed by atoms with Gasteiger partial charge in [-0.2, -0.15) is 10.6 Å². The Kier molecular flexibility index (Phi) is 15.5. The molecule has 0 spiro atoms. The van der Waals surface area contributed by atoms with E-state index in [1.54, 1.807) is 7.11 Å². The zero-order valence-corrected chi connectivity index (χ0v) is 42.9. The number of carboxylic acid groups (broad SMARTS) is 1. The molecule has 0 amide bonds. The molecular formula is C52H90N2O10S. The van der Waals surface area contributed by atoms with Crippen LogP contribution in [0.1, 0.15) is 133 Å². The van der Waals surface area contributed by atoms with Gasteiger partial charge in [0.1, 0.15) is 6.10 Å². The Morgan fingerprint density at radius 1 is 0.785 bits per heavy atom. The Hall–Kier alpha value is -1.29. The molecule has 7 fully saturated rings. The van der Waals surface area contributed by atoms with Crippen molar-refractivity contribution in [2.24, 2.45) is 68.5 Å². The summed E-state index contributed by atoms with van der Waals surface area (Å²) in [6.45, 7) is 30.8. The zero-order valence-electron chi connectivity index (χ0n) is 42.1. The van der Waals surface area contributed by atoms with Gasteiger partial charge >= 0.3 is 11.9 Å². The molecule has 1 heterocycles. The van der Waals surface area contributed by atoms with E-state index in [0.717, 1.165) is 45.1 Å². The molecule has 0 aromatic carbocycles. The first kappa shape index (κ1) is 51.6. The van der Waals surface area contributed by atoms with E-state index in [2.05, 4.69) is 65.3 Å². The summed E-state index contributed by atoms with van der Waals surface area (Å²) >= 11 is 0. The second-order valence-electron chi connectivity index (χ2n) is 24.1. The van der Waals surface area contributed by atoms with E-state index in [1.807, 2.05) is 13.8 Å². The smallest absolute Gasteiger partial charge is 0.309 e. The van der Waals surface area contributed by atoms with Crippen LogP contribution < -0.4 is 5.32 Å². The number of esters is 1. The molecule has 7 aliphatic rings. The van der Waals surface area contributed by atoms with Crippen molar-refractivity contribution in [1.82, 2.24) is 10.2 Å². The van der Waals surface area contributed by atoms with Gasteiger partial charge in [0, 0.05) is 43.7 Å². The SMILES string of the molecule is C=C(C)[C@@H]1CC[C@]2(NC[C@H]([C@@H](C)OCCOCCOCCOC)N3CCS(O)(O)CC3)CC[C@]3(C)[C@H](CC[C@@H]4[C@@]5(C)CC[C@H](OC(=O)[C@H]6C[C@@H](C(=O)O)C6(C)C)C(C)(C)[C@@H]5CC[C@]43C)[C@@H]12. The van der Waals surface area contributed by atoms with Gasteiger partial charge in [0.25, 0.3) is 0 Å². The zero-order chi connectivity index (χ0) is 47.4. The lowest BCUT2D eigenvalue weighted by Crippen LogP contribution is -2.69. The minimum Gasteiger partial charge on any atom is -0.481 e. The van der Waals surface area contributed by atoms with Crippen molar-refractivity contribution in [2.45, 2.75) is 157 Å². The van der Waals surface area contributed by atoms with Crippen molar-refractivity contribution in [1.29, 1.82) is 0 Å². The monoisotopic (exact) mass is 935 g/mol. The average Bonchev–Trinajstić information content (AvgIpc) is 3.61. The van der Waals surface area contributed by atoms with E-state index in [0.29, 0.717) is 100 Å². The van der Waals surface area contributed by atoms with Gasteiger partial charge < -0.3 is 34.1 Å². The van der Waals surface area contributed by atoms with Crippen LogP contribution in [0.2, 0.25) is 0 Å². The summed E-state index contributed by atoms with van der Waals surface area (Å²) in [6.07, 6.45) is 11.5. The number of methoxy groups -OCH3 is 1. The van der Waals surface area contributed by atoms with E-state index < -0.39 is 27.9 Å². The van der Waals surface area contributed by atoms with Gasteiger partial charge in [-0.05, 0) is 136 Å². The van der Waals surface area contributed by atoms with E-state index in [1.165, 1.54) is 31.3 Å². The lowest BCUT2D eigenvalue weighted by molar-refractivity contribution is -0.248. The number of carbonyl (C=O) groups excluding carboxylic acids is 1. The maximum absolute atomic E-state index is 13.7. The normalized spacial score (nSPS) is 41.9. The molecule has 13 heteroatoms. The van der Waals surface area contributed by atoms with E-state index >= 15 is 0 Å². The molecular weight excluding hydrogens is 845 g/mol. The van der Waals surface area contributed by atoms with Crippen molar-refractivity contribution in [3.8, 4) is 0 Å². The van der Waals surface area contributed by atoms with Gasteiger partial charge in [-0.3, -0.25) is 23.6 Å².